The van der Waals surface area contributed by atoms with Crippen molar-refractivity contribution in [2.75, 3.05) is 24.8 Å². The molecule has 0 saturated carbocycles. The molecule has 5 nitrogen and oxygen atoms in total. The molecule has 0 aliphatic heterocycles. The van der Waals surface area contributed by atoms with Crippen LogP contribution in [-0.4, -0.2) is 24.1 Å². The normalized spacial score (nSPS) is 11.6. The molecule has 0 saturated heterocycles. The molecule has 0 unspecified atom stereocenters. The van der Waals surface area contributed by atoms with Crippen LogP contribution in [0.4, 0.5) is 34.8 Å². The Morgan fingerprint density at radius 2 is 2.00 bits per heavy atom. The smallest absolute Gasteiger partial charge is 0.418 e. The van der Waals surface area contributed by atoms with E-state index in [1.165, 1.54) is 26.3 Å². The lowest BCUT2D eigenvalue weighted by Gasteiger charge is -2.13. The summed E-state index contributed by atoms with van der Waals surface area (Å²) in [5.74, 6) is -0.0782. The fraction of sp³-hybridized carbons (Fsp3) is 0.188. The summed E-state index contributed by atoms with van der Waals surface area (Å²) in [5.41, 5.74) is -0.272. The van der Waals surface area contributed by atoms with Crippen LogP contribution in [0.15, 0.2) is 24.4 Å². The molecule has 0 atom stereocenters. The molecule has 2 heterocycles. The Bertz CT molecular complexity index is 920. The van der Waals surface area contributed by atoms with E-state index in [4.69, 9.17) is 4.74 Å². The van der Waals surface area contributed by atoms with E-state index in [2.05, 4.69) is 26.7 Å². The molecule has 0 aliphatic carbocycles. The van der Waals surface area contributed by atoms with Crippen LogP contribution >= 0.6 is 0 Å². The highest BCUT2D eigenvalue weighted by Crippen LogP contribution is 2.39. The minimum Gasteiger partial charge on any atom is -0.495 e. The minimum absolute atomic E-state index is 0.0450. The largest absolute Gasteiger partial charge is 0.495 e. The Labute approximate surface area is 140 Å². The number of nitrogens with one attached hydrogen (secondary N) is 3. The number of aromatic amines is 1. The lowest BCUT2D eigenvalue weighted by molar-refractivity contribution is -0.136. The van der Waals surface area contributed by atoms with Gasteiger partial charge < -0.3 is 20.4 Å². The van der Waals surface area contributed by atoms with Crippen molar-refractivity contribution in [3.05, 3.63) is 41.8 Å². The van der Waals surface area contributed by atoms with Crippen molar-refractivity contribution in [2.45, 2.75) is 6.18 Å². The first-order valence-corrected chi connectivity index (χ1v) is 7.12. The van der Waals surface area contributed by atoms with Gasteiger partial charge in [0, 0.05) is 37.1 Å². The van der Waals surface area contributed by atoms with Crippen LogP contribution in [0.25, 0.3) is 11.0 Å². The first kappa shape index (κ1) is 16.9. The predicted octanol–water partition coefficient (Wildman–Crippen LogP) is 4.31. The lowest BCUT2D eigenvalue weighted by atomic mass is 10.1. The fourth-order valence-electron chi connectivity index (χ4n) is 2.48. The second-order valence-electron chi connectivity index (χ2n) is 5.12. The number of alkyl halides is 3. The Balaban J connectivity index is 2.09. The third-order valence-corrected chi connectivity index (χ3v) is 3.58. The molecular formula is C16H13F4N4O. The molecular weight excluding hydrogens is 340 g/mol. The summed E-state index contributed by atoms with van der Waals surface area (Å²) >= 11 is 0. The molecule has 25 heavy (non-hydrogen) atoms. The number of benzene rings is 1. The van der Waals surface area contributed by atoms with Crippen LogP contribution in [0, 0.1) is 11.9 Å². The van der Waals surface area contributed by atoms with Gasteiger partial charge in [0.25, 0.3) is 0 Å². The van der Waals surface area contributed by atoms with Gasteiger partial charge in [-0.2, -0.15) is 13.2 Å². The third kappa shape index (κ3) is 3.17. The van der Waals surface area contributed by atoms with Gasteiger partial charge in [0.05, 0.1) is 23.7 Å². The van der Waals surface area contributed by atoms with Crippen LogP contribution in [0.5, 0.6) is 5.75 Å². The number of aromatic nitrogens is 2. The molecule has 0 amide bonds. The van der Waals surface area contributed by atoms with Gasteiger partial charge in [0.1, 0.15) is 23.0 Å². The molecule has 1 aromatic carbocycles. The van der Waals surface area contributed by atoms with Crippen molar-refractivity contribution < 1.29 is 22.3 Å². The minimum atomic E-state index is -4.51. The van der Waals surface area contributed by atoms with Crippen molar-refractivity contribution in [3.8, 4) is 5.75 Å². The number of nitrogens with zero attached hydrogens (tertiary/aromatic N) is 1. The Kier molecular flexibility index (Phi) is 4.15. The molecule has 0 aliphatic rings. The highest BCUT2D eigenvalue weighted by atomic mass is 19.4. The summed E-state index contributed by atoms with van der Waals surface area (Å²) in [6.07, 6.45) is -3.65. The fourth-order valence-corrected chi connectivity index (χ4v) is 2.48. The Hall–Kier alpha value is -2.97. The summed E-state index contributed by atoms with van der Waals surface area (Å²) in [4.78, 5) is 6.64. The van der Waals surface area contributed by atoms with E-state index < -0.39 is 17.6 Å². The number of methoxy groups -OCH3 is 1. The molecule has 3 rings (SSSR count). The van der Waals surface area contributed by atoms with E-state index in [1.54, 1.807) is 0 Å². The second kappa shape index (κ2) is 6.15. The summed E-state index contributed by atoms with van der Waals surface area (Å²) in [7, 11) is 2.91. The SMILES string of the molecule is CNc1cc(Nc2cc(F)[c]cc2OC)nc2[nH]cc(C(F)(F)F)c12. The van der Waals surface area contributed by atoms with Gasteiger partial charge in [0.15, 0.2) is 0 Å². The van der Waals surface area contributed by atoms with Crippen LogP contribution in [0.1, 0.15) is 5.56 Å². The monoisotopic (exact) mass is 353 g/mol. The first-order valence-electron chi connectivity index (χ1n) is 7.12. The zero-order valence-electron chi connectivity index (χ0n) is 13.2. The third-order valence-electron chi connectivity index (χ3n) is 3.58. The first-order chi connectivity index (χ1) is 11.8. The van der Waals surface area contributed by atoms with Crippen LogP contribution < -0.4 is 15.4 Å². The number of ether oxygens (including phenoxy) is 1. The van der Waals surface area contributed by atoms with Crippen molar-refractivity contribution in [1.82, 2.24) is 9.97 Å². The van der Waals surface area contributed by atoms with E-state index in [0.717, 1.165) is 12.3 Å². The molecule has 131 valence electrons. The van der Waals surface area contributed by atoms with Crippen molar-refractivity contribution in [1.29, 1.82) is 0 Å². The summed E-state index contributed by atoms with van der Waals surface area (Å²) < 4.78 is 57.8. The second-order valence-corrected chi connectivity index (χ2v) is 5.12. The maximum atomic E-state index is 13.4. The molecule has 2 aromatic heterocycles. The Morgan fingerprint density at radius 3 is 2.64 bits per heavy atom. The van der Waals surface area contributed by atoms with Crippen LogP contribution in [0.2, 0.25) is 0 Å². The van der Waals surface area contributed by atoms with Gasteiger partial charge >= 0.3 is 6.18 Å². The zero-order valence-corrected chi connectivity index (χ0v) is 13.2. The number of halogens is 4. The van der Waals surface area contributed by atoms with Gasteiger partial charge in [-0.05, 0) is 6.07 Å². The molecule has 9 heteroatoms. The van der Waals surface area contributed by atoms with Gasteiger partial charge in [-0.15, -0.1) is 0 Å². The predicted molar refractivity (Wildman–Crippen MR) is 85.7 cm³/mol. The van der Waals surface area contributed by atoms with Gasteiger partial charge in [0.2, 0.25) is 0 Å². The van der Waals surface area contributed by atoms with E-state index >= 15 is 0 Å². The molecule has 0 spiro atoms. The van der Waals surface area contributed by atoms with Gasteiger partial charge in [-0.25, -0.2) is 9.37 Å². The average Bonchev–Trinajstić information content (AvgIpc) is 2.98. The van der Waals surface area contributed by atoms with Crippen molar-refractivity contribution in [3.63, 3.8) is 0 Å². The van der Waals surface area contributed by atoms with E-state index in [1.807, 2.05) is 0 Å². The number of H-pyrrole nitrogens is 1. The maximum absolute atomic E-state index is 13.4. The molecule has 0 fully saturated rings. The van der Waals surface area contributed by atoms with Crippen LogP contribution in [-0.2, 0) is 6.18 Å². The van der Waals surface area contributed by atoms with E-state index in [0.29, 0.717) is 5.75 Å². The summed E-state index contributed by atoms with van der Waals surface area (Å²) in [5, 5.41) is 5.50. The molecule has 3 aromatic rings. The zero-order chi connectivity index (χ0) is 18.2. The maximum Gasteiger partial charge on any atom is 0.418 e. The quantitative estimate of drug-likeness (QED) is 0.612. The standard InChI is InChI=1S/C16H13F4N4O/c1-21-11-6-13(23-10-5-8(17)3-4-12(10)25-2)24-15-14(11)9(7-22-15)16(18,19)20/h4-7H,1-2H3,(H3,21,22,23,24). The van der Waals surface area contributed by atoms with E-state index in [-0.39, 0.29) is 28.2 Å². The highest BCUT2D eigenvalue weighted by Gasteiger charge is 2.35. The van der Waals surface area contributed by atoms with Crippen molar-refractivity contribution >= 4 is 28.2 Å². The molecule has 3 N–H and O–H groups in total. The number of hydrogen-bond donors (Lipinski definition) is 3. The van der Waals surface area contributed by atoms with Crippen molar-refractivity contribution in [2.24, 2.45) is 0 Å². The lowest BCUT2D eigenvalue weighted by Crippen LogP contribution is -2.05. The topological polar surface area (TPSA) is 62.0 Å². The van der Waals surface area contributed by atoms with E-state index in [9.17, 15) is 17.6 Å². The van der Waals surface area contributed by atoms with Crippen LogP contribution in [0.3, 0.4) is 0 Å². The summed E-state index contributed by atoms with van der Waals surface area (Å²) in [6.45, 7) is 0. The number of rotatable bonds is 4. The van der Waals surface area contributed by atoms with Gasteiger partial charge in [-0.3, -0.25) is 0 Å². The molecule has 0 bridgehead atoms. The Morgan fingerprint density at radius 1 is 1.24 bits per heavy atom. The highest BCUT2D eigenvalue weighted by molar-refractivity contribution is 5.95. The number of hydrogen-bond acceptors (Lipinski definition) is 4. The number of pyridine rings is 1. The average molecular weight is 353 g/mol. The number of fused-ring (bicyclic) bond motifs is 1. The number of anilines is 3. The van der Waals surface area contributed by atoms with Gasteiger partial charge in [-0.1, -0.05) is 0 Å². The molecule has 1 radical (unpaired) electrons. The summed E-state index contributed by atoms with van der Waals surface area (Å²) in [6, 6.07) is 6.22.